The summed E-state index contributed by atoms with van der Waals surface area (Å²) >= 11 is 0. The lowest BCUT2D eigenvalue weighted by molar-refractivity contribution is -0.122. The Morgan fingerprint density at radius 1 is 1.08 bits per heavy atom. The van der Waals surface area contributed by atoms with Crippen LogP contribution in [-0.2, 0) is 24.3 Å². The van der Waals surface area contributed by atoms with Crippen LogP contribution in [0.2, 0.25) is 0 Å². The fourth-order valence-corrected chi connectivity index (χ4v) is 4.42. The van der Waals surface area contributed by atoms with Crippen molar-refractivity contribution < 1.29 is 14.4 Å². The van der Waals surface area contributed by atoms with Gasteiger partial charge in [-0.1, -0.05) is 31.2 Å². The molecule has 0 bridgehead atoms. The normalized spacial score (nSPS) is 11.6. The standard InChI is InChI=1S/C27H37N9O3/c1-3-5-22-34-20-13-19(12-16(2)23(20)35-22)25(38)36(21(24(28)37)6-4-11-32-26(29)30)15-18-9-7-17(8-10-18)14-33-27(31)39/h7-10,12-13,21H,3-6,11,14-15H2,1-2H3,(H2,28,37)(H,34,35)(H4,29,30,32)(H3,31,33,39)/t21-/m1/s1. The molecule has 3 aromatic rings. The number of carbonyl (C=O) groups is 3. The van der Waals surface area contributed by atoms with E-state index in [0.717, 1.165) is 40.9 Å². The molecular formula is C27H37N9O3. The predicted octanol–water partition coefficient (Wildman–Crippen LogP) is 1.75. The lowest BCUT2D eigenvalue weighted by Gasteiger charge is -2.30. The van der Waals surface area contributed by atoms with Crippen molar-refractivity contribution in [3.8, 4) is 0 Å². The summed E-state index contributed by atoms with van der Waals surface area (Å²) in [6.45, 7) is 4.75. The highest BCUT2D eigenvalue weighted by atomic mass is 16.2. The van der Waals surface area contributed by atoms with Crippen LogP contribution < -0.4 is 27.8 Å². The topological polar surface area (TPSA) is 209 Å². The number of nitrogens with one attached hydrogen (secondary N) is 4. The van der Waals surface area contributed by atoms with Gasteiger partial charge in [0.25, 0.3) is 5.91 Å². The highest BCUT2D eigenvalue weighted by molar-refractivity contribution is 6.00. The lowest BCUT2D eigenvalue weighted by Crippen LogP contribution is -2.48. The molecule has 2 aromatic carbocycles. The number of nitrogens with zero attached hydrogens (tertiary/aromatic N) is 2. The van der Waals surface area contributed by atoms with Gasteiger partial charge in [-0.25, -0.2) is 9.78 Å². The Morgan fingerprint density at radius 3 is 2.38 bits per heavy atom. The van der Waals surface area contributed by atoms with E-state index in [4.69, 9.17) is 22.6 Å². The first-order chi connectivity index (χ1) is 18.6. The van der Waals surface area contributed by atoms with Crippen molar-refractivity contribution >= 4 is 34.8 Å². The van der Waals surface area contributed by atoms with Crippen molar-refractivity contribution in [3.05, 3.63) is 64.5 Å². The molecule has 3 rings (SSSR count). The van der Waals surface area contributed by atoms with Gasteiger partial charge in [0, 0.05) is 31.6 Å². The summed E-state index contributed by atoms with van der Waals surface area (Å²) in [6, 6.07) is 9.30. The molecule has 39 heavy (non-hydrogen) atoms. The summed E-state index contributed by atoms with van der Waals surface area (Å²) in [7, 11) is 0. The number of benzene rings is 2. The van der Waals surface area contributed by atoms with Crippen molar-refractivity contribution in [3.63, 3.8) is 0 Å². The summed E-state index contributed by atoms with van der Waals surface area (Å²) < 4.78 is 0. The maximum absolute atomic E-state index is 14.0. The Morgan fingerprint density at radius 2 is 1.77 bits per heavy atom. The Hall–Kier alpha value is -4.61. The highest BCUT2D eigenvalue weighted by Crippen LogP contribution is 2.23. The van der Waals surface area contributed by atoms with Crippen LogP contribution >= 0.6 is 0 Å². The largest absolute Gasteiger partial charge is 0.370 e. The van der Waals surface area contributed by atoms with Gasteiger partial charge in [-0.05, 0) is 55.0 Å². The Balaban J connectivity index is 1.93. The van der Waals surface area contributed by atoms with E-state index < -0.39 is 18.0 Å². The SMILES string of the molecule is CCCc1nc2cc(C(=O)N(Cc3ccc(CNC(N)=O)cc3)[C@H](CCCNC(=N)N)C(N)=O)cc(C)c2[nH]1. The lowest BCUT2D eigenvalue weighted by atomic mass is 10.0. The molecule has 0 aliphatic carbocycles. The van der Waals surface area contributed by atoms with E-state index in [1.807, 2.05) is 31.2 Å². The molecule has 1 heterocycles. The van der Waals surface area contributed by atoms with Gasteiger partial charge in [0.2, 0.25) is 5.91 Å². The molecule has 0 aliphatic heterocycles. The fraction of sp³-hybridized carbons (Fsp3) is 0.370. The first-order valence-corrected chi connectivity index (χ1v) is 12.9. The van der Waals surface area contributed by atoms with Gasteiger partial charge in [0.05, 0.1) is 11.0 Å². The number of fused-ring (bicyclic) bond motifs is 1. The Kier molecular flexibility index (Phi) is 9.85. The molecular weight excluding hydrogens is 498 g/mol. The minimum absolute atomic E-state index is 0.134. The summed E-state index contributed by atoms with van der Waals surface area (Å²) in [6.07, 6.45) is 2.49. The zero-order valence-electron chi connectivity index (χ0n) is 22.3. The molecule has 208 valence electrons. The first kappa shape index (κ1) is 29.0. The number of aryl methyl sites for hydroxylation is 2. The van der Waals surface area contributed by atoms with Gasteiger partial charge in [-0.3, -0.25) is 15.0 Å². The molecule has 0 unspecified atom stereocenters. The minimum Gasteiger partial charge on any atom is -0.370 e. The number of carbonyl (C=O) groups excluding carboxylic acids is 3. The third kappa shape index (κ3) is 7.94. The van der Waals surface area contributed by atoms with E-state index in [1.54, 1.807) is 12.1 Å². The zero-order chi connectivity index (χ0) is 28.5. The number of imidazole rings is 1. The number of hydrogen-bond acceptors (Lipinski definition) is 5. The van der Waals surface area contributed by atoms with Gasteiger partial charge in [-0.2, -0.15) is 0 Å². The number of guanidine groups is 1. The summed E-state index contributed by atoms with van der Waals surface area (Å²) in [5.41, 5.74) is 20.8. The van der Waals surface area contributed by atoms with E-state index in [0.29, 0.717) is 24.0 Å². The monoisotopic (exact) mass is 535 g/mol. The van der Waals surface area contributed by atoms with Crippen LogP contribution in [0.25, 0.3) is 11.0 Å². The molecule has 12 heteroatoms. The quantitative estimate of drug-likeness (QED) is 0.0984. The van der Waals surface area contributed by atoms with Crippen LogP contribution in [0.3, 0.4) is 0 Å². The smallest absolute Gasteiger partial charge is 0.312 e. The van der Waals surface area contributed by atoms with E-state index in [-0.39, 0.29) is 31.4 Å². The summed E-state index contributed by atoms with van der Waals surface area (Å²) in [5, 5.41) is 12.6. The maximum Gasteiger partial charge on any atom is 0.312 e. The number of primary amides is 2. The van der Waals surface area contributed by atoms with E-state index >= 15 is 0 Å². The number of urea groups is 1. The third-order valence-electron chi connectivity index (χ3n) is 6.35. The molecule has 1 atom stereocenters. The van der Waals surface area contributed by atoms with Gasteiger partial charge in [0.1, 0.15) is 11.9 Å². The van der Waals surface area contributed by atoms with Crippen LogP contribution in [0, 0.1) is 12.3 Å². The molecule has 4 amide bonds. The molecule has 0 saturated heterocycles. The van der Waals surface area contributed by atoms with Crippen LogP contribution in [0.15, 0.2) is 36.4 Å². The Bertz CT molecular complexity index is 1330. The second-order valence-corrected chi connectivity index (χ2v) is 9.49. The second kappa shape index (κ2) is 13.3. The van der Waals surface area contributed by atoms with Crippen LogP contribution in [-0.4, -0.2) is 51.3 Å². The predicted molar refractivity (Wildman–Crippen MR) is 150 cm³/mol. The first-order valence-electron chi connectivity index (χ1n) is 12.9. The highest BCUT2D eigenvalue weighted by Gasteiger charge is 2.29. The summed E-state index contributed by atoms with van der Waals surface area (Å²) in [4.78, 5) is 47.1. The van der Waals surface area contributed by atoms with Crippen LogP contribution in [0.4, 0.5) is 4.79 Å². The number of hydrogen-bond donors (Lipinski definition) is 7. The fourth-order valence-electron chi connectivity index (χ4n) is 4.42. The number of aromatic nitrogens is 2. The van der Waals surface area contributed by atoms with Gasteiger partial charge in [-0.15, -0.1) is 0 Å². The zero-order valence-corrected chi connectivity index (χ0v) is 22.3. The van der Waals surface area contributed by atoms with Crippen molar-refractivity contribution in [2.24, 2.45) is 17.2 Å². The number of aromatic amines is 1. The second-order valence-electron chi connectivity index (χ2n) is 9.49. The molecule has 10 N–H and O–H groups in total. The van der Waals surface area contributed by atoms with Crippen LogP contribution in [0.5, 0.6) is 0 Å². The molecule has 0 fully saturated rings. The number of amides is 4. The molecule has 0 saturated carbocycles. The number of H-pyrrole nitrogens is 1. The van der Waals surface area contributed by atoms with Crippen molar-refractivity contribution in [1.29, 1.82) is 5.41 Å². The number of rotatable bonds is 13. The molecule has 1 aromatic heterocycles. The Labute approximate surface area is 227 Å². The molecule has 0 aliphatic rings. The van der Waals surface area contributed by atoms with E-state index in [2.05, 4.69) is 27.5 Å². The third-order valence-corrected chi connectivity index (χ3v) is 6.35. The van der Waals surface area contributed by atoms with Crippen molar-refractivity contribution in [2.45, 2.75) is 58.7 Å². The van der Waals surface area contributed by atoms with Gasteiger partial charge in [0.15, 0.2) is 5.96 Å². The van der Waals surface area contributed by atoms with E-state index in [9.17, 15) is 14.4 Å². The average Bonchev–Trinajstić information content (AvgIpc) is 3.30. The van der Waals surface area contributed by atoms with Crippen molar-refractivity contribution in [2.75, 3.05) is 6.54 Å². The van der Waals surface area contributed by atoms with Gasteiger partial charge < -0.3 is 37.7 Å². The van der Waals surface area contributed by atoms with Crippen LogP contribution in [0.1, 0.15) is 59.1 Å². The van der Waals surface area contributed by atoms with Gasteiger partial charge >= 0.3 is 6.03 Å². The van der Waals surface area contributed by atoms with E-state index in [1.165, 1.54) is 4.90 Å². The minimum atomic E-state index is -0.895. The number of nitrogens with two attached hydrogens (primary N) is 3. The molecule has 0 spiro atoms. The average molecular weight is 536 g/mol. The summed E-state index contributed by atoms with van der Waals surface area (Å²) in [5.74, 6) is -0.287. The maximum atomic E-state index is 14.0. The molecule has 0 radical (unpaired) electrons. The van der Waals surface area contributed by atoms with Crippen molar-refractivity contribution in [1.82, 2.24) is 25.5 Å². The molecule has 12 nitrogen and oxygen atoms in total.